The maximum Gasteiger partial charge on any atom is 0.314 e. The highest BCUT2D eigenvalue weighted by Gasteiger charge is 2.44. The van der Waals surface area contributed by atoms with Gasteiger partial charge in [-0.2, -0.15) is 0 Å². The van der Waals surface area contributed by atoms with Crippen molar-refractivity contribution in [3.63, 3.8) is 0 Å². The van der Waals surface area contributed by atoms with E-state index in [1.807, 2.05) is 0 Å². The molecule has 3 rings (SSSR count). The number of nitrogens with one attached hydrogen (secondary N) is 1. The molecule has 2 fully saturated rings. The number of rotatable bonds is 2. The molecule has 1 N–H and O–H groups in total. The van der Waals surface area contributed by atoms with E-state index in [4.69, 9.17) is 0 Å². The molecule has 0 radical (unpaired) electrons. The van der Waals surface area contributed by atoms with Crippen LogP contribution < -0.4 is 10.2 Å². The van der Waals surface area contributed by atoms with Gasteiger partial charge in [0.2, 0.25) is 5.82 Å². The van der Waals surface area contributed by atoms with Crippen LogP contribution in [0.25, 0.3) is 0 Å². The van der Waals surface area contributed by atoms with Crippen molar-refractivity contribution in [3.8, 4) is 0 Å². The zero-order chi connectivity index (χ0) is 13.6. The first-order valence-electron chi connectivity index (χ1n) is 6.67. The first kappa shape index (κ1) is 12.3. The lowest BCUT2D eigenvalue weighted by molar-refractivity contribution is -0.384. The van der Waals surface area contributed by atoms with E-state index in [0.717, 1.165) is 19.6 Å². The summed E-state index contributed by atoms with van der Waals surface area (Å²) in [4.78, 5) is 17.4. The van der Waals surface area contributed by atoms with Crippen molar-refractivity contribution >= 4 is 11.5 Å². The van der Waals surface area contributed by atoms with E-state index >= 15 is 0 Å². The minimum absolute atomic E-state index is 0.155. The maximum absolute atomic E-state index is 11.3. The van der Waals surface area contributed by atoms with Gasteiger partial charge in [0.15, 0.2) is 0 Å². The van der Waals surface area contributed by atoms with Gasteiger partial charge in [-0.05, 0) is 31.7 Å². The predicted octanol–water partition coefficient (Wildman–Crippen LogP) is 1.34. The SMILES string of the molecule is Cc1ccnc(N2CC3CNCC3C2C)c1[N+](=O)[O-]. The fraction of sp³-hybridized carbons (Fsp3) is 0.615. The monoisotopic (exact) mass is 262 g/mol. The minimum atomic E-state index is -0.309. The molecule has 0 spiro atoms. The quantitative estimate of drug-likeness (QED) is 0.643. The van der Waals surface area contributed by atoms with Crippen LogP contribution in [-0.4, -0.2) is 35.6 Å². The Labute approximate surface area is 112 Å². The van der Waals surface area contributed by atoms with Crippen LogP contribution in [0.2, 0.25) is 0 Å². The molecule has 102 valence electrons. The number of aryl methyl sites for hydroxylation is 1. The Kier molecular flexibility index (Phi) is 2.89. The van der Waals surface area contributed by atoms with Crippen molar-refractivity contribution in [1.82, 2.24) is 10.3 Å². The van der Waals surface area contributed by atoms with Gasteiger partial charge in [-0.3, -0.25) is 10.1 Å². The van der Waals surface area contributed by atoms with Crippen molar-refractivity contribution < 1.29 is 4.92 Å². The van der Waals surface area contributed by atoms with Crippen LogP contribution >= 0.6 is 0 Å². The van der Waals surface area contributed by atoms with Crippen LogP contribution in [0, 0.1) is 28.9 Å². The van der Waals surface area contributed by atoms with E-state index in [1.54, 1.807) is 19.2 Å². The molecule has 3 unspecified atom stereocenters. The molecule has 3 heterocycles. The van der Waals surface area contributed by atoms with E-state index in [-0.39, 0.29) is 10.6 Å². The lowest BCUT2D eigenvalue weighted by Crippen LogP contribution is -2.34. The Morgan fingerprint density at radius 1 is 1.53 bits per heavy atom. The summed E-state index contributed by atoms with van der Waals surface area (Å²) in [6.07, 6.45) is 1.66. The molecule has 0 aromatic carbocycles. The van der Waals surface area contributed by atoms with Gasteiger partial charge >= 0.3 is 5.69 Å². The number of anilines is 1. The second-order valence-electron chi connectivity index (χ2n) is 5.53. The Balaban J connectivity index is 1.99. The first-order chi connectivity index (χ1) is 9.09. The lowest BCUT2D eigenvalue weighted by atomic mass is 9.95. The normalized spacial score (nSPS) is 29.6. The molecule has 19 heavy (non-hydrogen) atoms. The predicted molar refractivity (Wildman–Crippen MR) is 72.3 cm³/mol. The molecule has 1 aromatic heterocycles. The van der Waals surface area contributed by atoms with Gasteiger partial charge in [-0.1, -0.05) is 0 Å². The highest BCUT2D eigenvalue weighted by Crippen LogP contribution is 2.39. The third kappa shape index (κ3) is 1.87. The number of aromatic nitrogens is 1. The summed E-state index contributed by atoms with van der Waals surface area (Å²) in [5.74, 6) is 1.69. The molecule has 2 aliphatic rings. The molecule has 0 saturated carbocycles. The molecular weight excluding hydrogens is 244 g/mol. The smallest absolute Gasteiger partial charge is 0.314 e. The minimum Gasteiger partial charge on any atom is -0.347 e. The summed E-state index contributed by atoms with van der Waals surface area (Å²) in [7, 11) is 0. The number of hydrogen-bond donors (Lipinski definition) is 1. The summed E-state index contributed by atoms with van der Waals surface area (Å²) >= 11 is 0. The Morgan fingerprint density at radius 2 is 2.32 bits per heavy atom. The highest BCUT2D eigenvalue weighted by molar-refractivity contribution is 5.62. The molecule has 1 aromatic rings. The van der Waals surface area contributed by atoms with Gasteiger partial charge in [0, 0.05) is 37.4 Å². The molecule has 0 bridgehead atoms. The molecular formula is C13H18N4O2. The van der Waals surface area contributed by atoms with Gasteiger partial charge in [-0.15, -0.1) is 0 Å². The van der Waals surface area contributed by atoms with Gasteiger partial charge in [0.1, 0.15) is 0 Å². The van der Waals surface area contributed by atoms with Crippen molar-refractivity contribution in [1.29, 1.82) is 0 Å². The first-order valence-corrected chi connectivity index (χ1v) is 6.67. The topological polar surface area (TPSA) is 71.3 Å². The second kappa shape index (κ2) is 4.45. The summed E-state index contributed by atoms with van der Waals surface area (Å²) in [6.45, 7) is 6.78. The Morgan fingerprint density at radius 3 is 3.00 bits per heavy atom. The molecule has 2 aliphatic heterocycles. The standard InChI is InChI=1S/C13H18N4O2/c1-8-3-4-15-13(12(8)17(18)19)16-7-10-5-14-6-11(10)9(16)2/h3-4,9-11,14H,5-7H2,1-2H3. The summed E-state index contributed by atoms with van der Waals surface area (Å²) < 4.78 is 0. The third-order valence-corrected chi connectivity index (χ3v) is 4.50. The molecule has 0 aliphatic carbocycles. The van der Waals surface area contributed by atoms with Crippen LogP contribution in [0.5, 0.6) is 0 Å². The number of pyridine rings is 1. The third-order valence-electron chi connectivity index (χ3n) is 4.50. The highest BCUT2D eigenvalue weighted by atomic mass is 16.6. The molecule has 6 nitrogen and oxygen atoms in total. The summed E-state index contributed by atoms with van der Waals surface area (Å²) in [5.41, 5.74) is 0.833. The van der Waals surface area contributed by atoms with Crippen molar-refractivity contribution in [2.45, 2.75) is 19.9 Å². The molecule has 0 amide bonds. The van der Waals surface area contributed by atoms with E-state index in [2.05, 4.69) is 22.1 Å². The average molecular weight is 262 g/mol. The average Bonchev–Trinajstić information content (AvgIpc) is 2.92. The number of fused-ring (bicyclic) bond motifs is 1. The van der Waals surface area contributed by atoms with Crippen LogP contribution in [0.4, 0.5) is 11.5 Å². The van der Waals surface area contributed by atoms with Gasteiger partial charge in [-0.25, -0.2) is 4.98 Å². The molecule has 2 saturated heterocycles. The van der Waals surface area contributed by atoms with Crippen molar-refractivity contribution in [2.75, 3.05) is 24.5 Å². The zero-order valence-electron chi connectivity index (χ0n) is 11.2. The van der Waals surface area contributed by atoms with E-state index in [1.165, 1.54) is 0 Å². The van der Waals surface area contributed by atoms with Crippen LogP contribution in [-0.2, 0) is 0 Å². The summed E-state index contributed by atoms with van der Waals surface area (Å²) in [5, 5.41) is 14.7. The lowest BCUT2D eigenvalue weighted by Gasteiger charge is -2.25. The van der Waals surface area contributed by atoms with Gasteiger partial charge < -0.3 is 10.2 Å². The number of nitrogens with zero attached hydrogens (tertiary/aromatic N) is 3. The molecule has 6 heteroatoms. The van der Waals surface area contributed by atoms with Crippen LogP contribution in [0.15, 0.2) is 12.3 Å². The summed E-state index contributed by atoms with van der Waals surface area (Å²) in [6, 6.07) is 2.00. The van der Waals surface area contributed by atoms with E-state index in [0.29, 0.717) is 29.3 Å². The van der Waals surface area contributed by atoms with E-state index in [9.17, 15) is 10.1 Å². The van der Waals surface area contributed by atoms with Crippen LogP contribution in [0.3, 0.4) is 0 Å². The van der Waals surface area contributed by atoms with Crippen LogP contribution in [0.1, 0.15) is 12.5 Å². The second-order valence-corrected chi connectivity index (χ2v) is 5.53. The Bertz CT molecular complexity index is 519. The van der Waals surface area contributed by atoms with Gasteiger partial charge in [0.05, 0.1) is 4.92 Å². The zero-order valence-corrected chi connectivity index (χ0v) is 11.2. The molecule has 3 atom stereocenters. The number of hydrogen-bond acceptors (Lipinski definition) is 5. The van der Waals surface area contributed by atoms with Crippen molar-refractivity contribution in [2.24, 2.45) is 11.8 Å². The fourth-order valence-corrected chi connectivity index (χ4v) is 3.42. The fourth-order valence-electron chi connectivity index (χ4n) is 3.42. The van der Waals surface area contributed by atoms with E-state index < -0.39 is 0 Å². The Hall–Kier alpha value is -1.69. The number of nitro groups is 1. The largest absolute Gasteiger partial charge is 0.347 e. The maximum atomic E-state index is 11.3. The van der Waals surface area contributed by atoms with Gasteiger partial charge in [0.25, 0.3) is 0 Å². The van der Waals surface area contributed by atoms with Crippen molar-refractivity contribution in [3.05, 3.63) is 27.9 Å².